The molecule has 4 nitrogen and oxygen atoms in total. The van der Waals surface area contributed by atoms with E-state index in [1.807, 2.05) is 0 Å². The van der Waals surface area contributed by atoms with Crippen molar-refractivity contribution in [3.05, 3.63) is 109 Å². The number of allylic oxidation sites excluding steroid dienone is 18. The summed E-state index contributed by atoms with van der Waals surface area (Å²) in [6, 6.07) is -0.537. The molecule has 1 amide bonds. The van der Waals surface area contributed by atoms with Crippen molar-refractivity contribution in [3.8, 4) is 0 Å². The highest BCUT2D eigenvalue weighted by Crippen LogP contribution is 2.14. The lowest BCUT2D eigenvalue weighted by molar-refractivity contribution is -0.123. The summed E-state index contributed by atoms with van der Waals surface area (Å²) in [4.78, 5) is 12.2. The van der Waals surface area contributed by atoms with Crippen molar-refractivity contribution >= 4 is 5.91 Å². The minimum atomic E-state index is -0.660. The van der Waals surface area contributed by atoms with Crippen molar-refractivity contribution < 1.29 is 15.0 Å². The third-order valence-corrected chi connectivity index (χ3v) is 10.0. The molecule has 0 aromatic carbocycles. The lowest BCUT2D eigenvalue weighted by Gasteiger charge is -2.22. The summed E-state index contributed by atoms with van der Waals surface area (Å²) in [7, 11) is 0. The quantitative estimate of drug-likeness (QED) is 0.0427. The smallest absolute Gasteiger partial charge is 0.220 e. The molecule has 0 spiro atoms. The molecule has 0 aromatic heterocycles. The Labute approximate surface area is 353 Å². The van der Waals surface area contributed by atoms with Crippen LogP contribution in [0.1, 0.15) is 200 Å². The molecule has 0 saturated heterocycles. The number of unbranched alkanes of at least 4 members (excludes halogenated alkanes) is 16. The van der Waals surface area contributed by atoms with Gasteiger partial charge in [0.25, 0.3) is 0 Å². The van der Waals surface area contributed by atoms with Crippen LogP contribution in [0.25, 0.3) is 0 Å². The second kappa shape index (κ2) is 47.4. The number of rotatable bonds is 41. The highest BCUT2D eigenvalue weighted by molar-refractivity contribution is 5.76. The van der Waals surface area contributed by atoms with Crippen LogP contribution in [-0.4, -0.2) is 34.9 Å². The maximum absolute atomic E-state index is 12.2. The fourth-order valence-corrected chi connectivity index (χ4v) is 6.47. The van der Waals surface area contributed by atoms with E-state index in [1.165, 1.54) is 77.0 Å². The molecule has 0 bridgehead atoms. The SMILES string of the molecule is CC/C=C\C/C=C\C/C=C\C/C=C\C/C=C\C/C=C\C/C=C\C/C=C\C/C=C\CCCCCCCCCCCCCCCC(=O)NC(CO)C(O)CCCCCC. The van der Waals surface area contributed by atoms with Gasteiger partial charge in [-0.3, -0.25) is 4.79 Å². The van der Waals surface area contributed by atoms with Crippen LogP contribution in [0.5, 0.6) is 0 Å². The lowest BCUT2D eigenvalue weighted by Crippen LogP contribution is -2.45. The van der Waals surface area contributed by atoms with Gasteiger partial charge in [-0.25, -0.2) is 0 Å². The molecule has 0 aliphatic rings. The third kappa shape index (κ3) is 44.0. The van der Waals surface area contributed by atoms with Crippen LogP contribution in [0.2, 0.25) is 0 Å². The minimum Gasteiger partial charge on any atom is -0.394 e. The van der Waals surface area contributed by atoms with Crippen LogP contribution in [0.4, 0.5) is 0 Å². The van der Waals surface area contributed by atoms with E-state index in [9.17, 15) is 15.0 Å². The average Bonchev–Trinajstić information content (AvgIpc) is 3.22. The summed E-state index contributed by atoms with van der Waals surface area (Å²) < 4.78 is 0. The van der Waals surface area contributed by atoms with E-state index in [2.05, 4.69) is 129 Å². The van der Waals surface area contributed by atoms with E-state index >= 15 is 0 Å². The predicted molar refractivity (Wildman–Crippen MR) is 253 cm³/mol. The van der Waals surface area contributed by atoms with E-state index in [0.29, 0.717) is 12.8 Å². The summed E-state index contributed by atoms with van der Waals surface area (Å²) in [5, 5.41) is 22.7. The topological polar surface area (TPSA) is 69.6 Å². The summed E-state index contributed by atoms with van der Waals surface area (Å²) in [6.07, 6.45) is 72.4. The first-order valence-electron chi connectivity index (χ1n) is 23.6. The maximum Gasteiger partial charge on any atom is 0.220 e. The number of hydrogen-bond donors (Lipinski definition) is 3. The Morgan fingerprint density at radius 3 is 1.14 bits per heavy atom. The largest absolute Gasteiger partial charge is 0.394 e. The molecule has 0 fully saturated rings. The molecule has 2 unspecified atom stereocenters. The van der Waals surface area contributed by atoms with Crippen LogP contribution >= 0.6 is 0 Å². The molecule has 57 heavy (non-hydrogen) atoms. The number of carbonyl (C=O) groups excluding carboxylic acids is 1. The second-order valence-corrected chi connectivity index (χ2v) is 15.4. The highest BCUT2D eigenvalue weighted by Gasteiger charge is 2.19. The Morgan fingerprint density at radius 2 is 0.772 bits per heavy atom. The number of aliphatic hydroxyl groups is 2. The van der Waals surface area contributed by atoms with Gasteiger partial charge in [-0.05, 0) is 83.5 Å². The fraction of sp³-hybridized carbons (Fsp3) is 0.642. The average molecular weight is 788 g/mol. The first-order valence-corrected chi connectivity index (χ1v) is 23.6. The molecule has 0 aliphatic heterocycles. The van der Waals surface area contributed by atoms with Gasteiger partial charge in [-0.1, -0.05) is 220 Å². The molecule has 0 rings (SSSR count). The van der Waals surface area contributed by atoms with E-state index in [4.69, 9.17) is 0 Å². The predicted octanol–water partition coefficient (Wildman–Crippen LogP) is 15.2. The van der Waals surface area contributed by atoms with Gasteiger partial charge >= 0.3 is 0 Å². The van der Waals surface area contributed by atoms with Crippen LogP contribution in [0, 0.1) is 0 Å². The number of aliphatic hydroxyl groups excluding tert-OH is 2. The second-order valence-electron chi connectivity index (χ2n) is 15.4. The van der Waals surface area contributed by atoms with Gasteiger partial charge in [-0.15, -0.1) is 0 Å². The molecule has 0 heterocycles. The zero-order chi connectivity index (χ0) is 41.4. The van der Waals surface area contributed by atoms with E-state index in [1.54, 1.807) is 0 Å². The first kappa shape index (κ1) is 54.0. The molecule has 0 aliphatic carbocycles. The molecule has 2 atom stereocenters. The van der Waals surface area contributed by atoms with Crippen molar-refractivity contribution in [2.24, 2.45) is 0 Å². The summed E-state index contributed by atoms with van der Waals surface area (Å²) in [5.74, 6) is -0.0469. The molecule has 324 valence electrons. The van der Waals surface area contributed by atoms with Crippen LogP contribution in [-0.2, 0) is 4.79 Å². The zero-order valence-electron chi connectivity index (χ0n) is 37.1. The van der Waals surface area contributed by atoms with E-state index in [0.717, 1.165) is 96.3 Å². The Morgan fingerprint density at radius 1 is 0.439 bits per heavy atom. The molecule has 0 aromatic rings. The van der Waals surface area contributed by atoms with Crippen LogP contribution < -0.4 is 5.32 Å². The van der Waals surface area contributed by atoms with Gasteiger partial charge in [0, 0.05) is 6.42 Å². The Bertz CT molecular complexity index is 1120. The van der Waals surface area contributed by atoms with Crippen molar-refractivity contribution in [1.29, 1.82) is 0 Å². The third-order valence-electron chi connectivity index (χ3n) is 10.0. The van der Waals surface area contributed by atoms with Gasteiger partial charge in [0.15, 0.2) is 0 Å². The Kier molecular flexibility index (Phi) is 45.0. The summed E-state index contributed by atoms with van der Waals surface area (Å²) in [6.45, 7) is 4.12. The van der Waals surface area contributed by atoms with Crippen LogP contribution in [0.3, 0.4) is 0 Å². The van der Waals surface area contributed by atoms with Crippen LogP contribution in [0.15, 0.2) is 109 Å². The first-order chi connectivity index (χ1) is 28.2. The molecular formula is C53H89NO3. The molecule has 0 radical (unpaired) electrons. The number of amides is 1. The van der Waals surface area contributed by atoms with Gasteiger partial charge in [0.2, 0.25) is 5.91 Å². The minimum absolute atomic E-state index is 0.0469. The van der Waals surface area contributed by atoms with E-state index < -0.39 is 12.1 Å². The normalized spacial score (nSPS) is 14.0. The zero-order valence-corrected chi connectivity index (χ0v) is 37.1. The van der Waals surface area contributed by atoms with Crippen molar-refractivity contribution in [1.82, 2.24) is 5.32 Å². The molecule has 0 saturated carbocycles. The van der Waals surface area contributed by atoms with Crippen molar-refractivity contribution in [3.63, 3.8) is 0 Å². The van der Waals surface area contributed by atoms with Crippen molar-refractivity contribution in [2.75, 3.05) is 6.61 Å². The monoisotopic (exact) mass is 788 g/mol. The number of nitrogens with one attached hydrogen (secondary N) is 1. The number of carbonyl (C=O) groups is 1. The Balaban J connectivity index is 3.51. The van der Waals surface area contributed by atoms with E-state index in [-0.39, 0.29) is 12.5 Å². The van der Waals surface area contributed by atoms with Gasteiger partial charge in [-0.2, -0.15) is 0 Å². The highest BCUT2D eigenvalue weighted by atomic mass is 16.3. The number of hydrogen-bond acceptors (Lipinski definition) is 3. The standard InChI is InChI=1S/C53H89NO3/c1-3-5-7-9-10-11-12-13-14-15-16-17-18-19-20-21-22-23-24-25-26-27-28-29-30-31-32-33-34-35-36-37-38-39-40-41-42-43-44-45-47-49-53(57)54-51(50-55)52(56)48-46-8-6-4-2/h5,7,10-11,13-14,16-17,19-20,22-23,25-26,28-29,31-32,51-52,55-56H,3-4,6,8-9,12,15,18,21,24,27,30,33-50H2,1-2H3,(H,54,57)/b7-5-,11-10-,14-13-,17-16-,20-19-,23-22-,26-25-,29-28-,32-31-. The van der Waals surface area contributed by atoms with Gasteiger partial charge in [0.1, 0.15) is 0 Å². The van der Waals surface area contributed by atoms with Gasteiger partial charge < -0.3 is 15.5 Å². The lowest BCUT2D eigenvalue weighted by atomic mass is 10.0. The Hall–Kier alpha value is -2.95. The van der Waals surface area contributed by atoms with Crippen molar-refractivity contribution in [2.45, 2.75) is 212 Å². The fourth-order valence-electron chi connectivity index (χ4n) is 6.47. The van der Waals surface area contributed by atoms with Gasteiger partial charge in [0.05, 0.1) is 18.8 Å². The summed E-state index contributed by atoms with van der Waals surface area (Å²) >= 11 is 0. The summed E-state index contributed by atoms with van der Waals surface area (Å²) in [5.41, 5.74) is 0. The molecule has 3 N–H and O–H groups in total. The molecular weight excluding hydrogens is 699 g/mol. The molecule has 4 heteroatoms. The maximum atomic E-state index is 12.2.